The van der Waals surface area contributed by atoms with Crippen molar-refractivity contribution in [3.05, 3.63) is 47.2 Å². The first-order valence-corrected chi connectivity index (χ1v) is 5.32. The number of rotatable bonds is 2. The molecule has 0 saturated heterocycles. The summed E-state index contributed by atoms with van der Waals surface area (Å²) >= 11 is 6.16. The van der Waals surface area contributed by atoms with Gasteiger partial charge in [-0.25, -0.2) is 0 Å². The van der Waals surface area contributed by atoms with Crippen molar-refractivity contribution in [1.29, 1.82) is 5.26 Å². The quantitative estimate of drug-likeness (QED) is 0.814. The third-order valence-corrected chi connectivity index (χ3v) is 2.72. The van der Waals surface area contributed by atoms with E-state index in [2.05, 4.69) is 11.1 Å². The standard InChI is InChI=1S/C13H9ClN2O/c1-17-10-2-3-12(13(14)6-10)11-4-5-16-8-9(11)7-15/h2-6,8H,1H3. The van der Waals surface area contributed by atoms with Gasteiger partial charge in [-0.1, -0.05) is 11.6 Å². The Balaban J connectivity index is 2.58. The Hall–Kier alpha value is -2.05. The number of nitrogens with zero attached hydrogens (tertiary/aromatic N) is 2. The fraction of sp³-hybridized carbons (Fsp3) is 0.0769. The molecule has 0 N–H and O–H groups in total. The van der Waals surface area contributed by atoms with Crippen molar-refractivity contribution in [3.63, 3.8) is 0 Å². The molecular weight excluding hydrogens is 236 g/mol. The molecule has 1 aromatic heterocycles. The zero-order valence-electron chi connectivity index (χ0n) is 9.14. The Labute approximate surface area is 104 Å². The second kappa shape index (κ2) is 4.86. The van der Waals surface area contributed by atoms with Gasteiger partial charge < -0.3 is 4.74 Å². The summed E-state index contributed by atoms with van der Waals surface area (Å²) in [5.74, 6) is 0.686. The van der Waals surface area contributed by atoms with Crippen LogP contribution in [-0.2, 0) is 0 Å². The molecule has 0 radical (unpaired) electrons. The van der Waals surface area contributed by atoms with Crippen LogP contribution in [-0.4, -0.2) is 12.1 Å². The average molecular weight is 245 g/mol. The lowest BCUT2D eigenvalue weighted by Gasteiger charge is -2.07. The van der Waals surface area contributed by atoms with Gasteiger partial charge in [-0.2, -0.15) is 5.26 Å². The van der Waals surface area contributed by atoms with E-state index in [9.17, 15) is 0 Å². The molecule has 0 atom stereocenters. The molecule has 0 unspecified atom stereocenters. The van der Waals surface area contributed by atoms with E-state index in [1.807, 2.05) is 12.1 Å². The number of nitriles is 1. The third kappa shape index (κ3) is 2.22. The van der Waals surface area contributed by atoms with Gasteiger partial charge in [0.15, 0.2) is 0 Å². The molecule has 84 valence electrons. The largest absolute Gasteiger partial charge is 0.497 e. The van der Waals surface area contributed by atoms with Crippen LogP contribution in [0.15, 0.2) is 36.7 Å². The predicted molar refractivity (Wildman–Crippen MR) is 66.0 cm³/mol. The van der Waals surface area contributed by atoms with Crippen molar-refractivity contribution in [1.82, 2.24) is 4.98 Å². The second-order valence-electron chi connectivity index (χ2n) is 3.38. The number of ether oxygens (including phenoxy) is 1. The van der Waals surface area contributed by atoms with Crippen molar-refractivity contribution in [3.8, 4) is 22.9 Å². The minimum absolute atomic E-state index is 0.500. The minimum Gasteiger partial charge on any atom is -0.497 e. The Morgan fingerprint density at radius 2 is 2.12 bits per heavy atom. The summed E-state index contributed by atoms with van der Waals surface area (Å²) in [4.78, 5) is 3.91. The topological polar surface area (TPSA) is 45.9 Å². The number of hydrogen-bond acceptors (Lipinski definition) is 3. The van der Waals surface area contributed by atoms with E-state index >= 15 is 0 Å². The van der Waals surface area contributed by atoms with Gasteiger partial charge in [-0.15, -0.1) is 0 Å². The van der Waals surface area contributed by atoms with Crippen LogP contribution in [0.5, 0.6) is 5.75 Å². The van der Waals surface area contributed by atoms with E-state index in [0.29, 0.717) is 16.3 Å². The van der Waals surface area contributed by atoms with Crippen LogP contribution in [0, 0.1) is 11.3 Å². The summed E-state index contributed by atoms with van der Waals surface area (Å²) in [6, 6.07) is 9.23. The van der Waals surface area contributed by atoms with Crippen LogP contribution in [0.25, 0.3) is 11.1 Å². The molecule has 4 heteroatoms. The maximum Gasteiger partial charge on any atom is 0.120 e. The minimum atomic E-state index is 0.500. The average Bonchev–Trinajstić information content (AvgIpc) is 2.38. The highest BCUT2D eigenvalue weighted by atomic mass is 35.5. The van der Waals surface area contributed by atoms with E-state index in [4.69, 9.17) is 21.6 Å². The van der Waals surface area contributed by atoms with E-state index in [0.717, 1.165) is 11.1 Å². The molecule has 1 aromatic carbocycles. The highest BCUT2D eigenvalue weighted by molar-refractivity contribution is 6.33. The third-order valence-electron chi connectivity index (χ3n) is 2.41. The number of halogens is 1. The van der Waals surface area contributed by atoms with Crippen LogP contribution >= 0.6 is 11.6 Å². The van der Waals surface area contributed by atoms with Crippen LogP contribution < -0.4 is 4.74 Å². The summed E-state index contributed by atoms with van der Waals surface area (Å²) in [5.41, 5.74) is 2.07. The fourth-order valence-corrected chi connectivity index (χ4v) is 1.83. The van der Waals surface area contributed by atoms with Crippen molar-refractivity contribution in [2.24, 2.45) is 0 Å². The summed E-state index contributed by atoms with van der Waals surface area (Å²) < 4.78 is 5.08. The molecule has 0 saturated carbocycles. The smallest absolute Gasteiger partial charge is 0.120 e. The first-order valence-electron chi connectivity index (χ1n) is 4.94. The highest BCUT2D eigenvalue weighted by Crippen LogP contribution is 2.32. The molecule has 3 nitrogen and oxygen atoms in total. The van der Waals surface area contributed by atoms with Crippen LogP contribution in [0.1, 0.15) is 5.56 Å². The molecule has 1 heterocycles. The SMILES string of the molecule is COc1ccc(-c2ccncc2C#N)c(Cl)c1. The maximum absolute atomic E-state index is 9.01. The molecule has 0 spiro atoms. The van der Waals surface area contributed by atoms with Crippen LogP contribution in [0.3, 0.4) is 0 Å². The lowest BCUT2D eigenvalue weighted by Crippen LogP contribution is -1.88. The van der Waals surface area contributed by atoms with Gasteiger partial charge in [0.25, 0.3) is 0 Å². The molecule has 0 aliphatic rings. The highest BCUT2D eigenvalue weighted by Gasteiger charge is 2.09. The normalized spacial score (nSPS) is 9.71. The zero-order chi connectivity index (χ0) is 12.3. The Kier molecular flexibility index (Phi) is 3.27. The van der Waals surface area contributed by atoms with Crippen LogP contribution in [0.2, 0.25) is 5.02 Å². The van der Waals surface area contributed by atoms with Gasteiger partial charge in [0.2, 0.25) is 0 Å². The summed E-state index contributed by atoms with van der Waals surface area (Å²) in [6.45, 7) is 0. The summed E-state index contributed by atoms with van der Waals surface area (Å²) in [6.07, 6.45) is 3.16. The van der Waals surface area contributed by atoms with Crippen molar-refractivity contribution in [2.75, 3.05) is 7.11 Å². The Bertz CT molecular complexity index is 590. The Morgan fingerprint density at radius 3 is 2.76 bits per heavy atom. The number of methoxy groups -OCH3 is 1. The molecule has 0 bridgehead atoms. The van der Waals surface area contributed by atoms with Gasteiger partial charge in [0.1, 0.15) is 11.8 Å². The monoisotopic (exact) mass is 244 g/mol. The predicted octanol–water partition coefficient (Wildman–Crippen LogP) is 3.28. The number of benzene rings is 1. The van der Waals surface area contributed by atoms with Gasteiger partial charge >= 0.3 is 0 Å². The number of hydrogen-bond donors (Lipinski definition) is 0. The lowest BCUT2D eigenvalue weighted by atomic mass is 10.0. The van der Waals surface area contributed by atoms with E-state index in [-0.39, 0.29) is 0 Å². The molecule has 17 heavy (non-hydrogen) atoms. The molecule has 0 aliphatic heterocycles. The van der Waals surface area contributed by atoms with Crippen molar-refractivity contribution in [2.45, 2.75) is 0 Å². The molecule has 2 aromatic rings. The van der Waals surface area contributed by atoms with Crippen LogP contribution in [0.4, 0.5) is 0 Å². The molecule has 0 fully saturated rings. The molecule has 0 aliphatic carbocycles. The van der Waals surface area contributed by atoms with E-state index < -0.39 is 0 Å². The Morgan fingerprint density at radius 1 is 1.29 bits per heavy atom. The summed E-state index contributed by atoms with van der Waals surface area (Å²) in [5, 5.41) is 9.56. The first kappa shape index (κ1) is 11.4. The first-order chi connectivity index (χ1) is 8.26. The molecule has 2 rings (SSSR count). The van der Waals surface area contributed by atoms with Gasteiger partial charge in [-0.3, -0.25) is 4.98 Å². The second-order valence-corrected chi connectivity index (χ2v) is 3.79. The van der Waals surface area contributed by atoms with Gasteiger partial charge in [0, 0.05) is 23.5 Å². The molecular formula is C13H9ClN2O. The van der Waals surface area contributed by atoms with E-state index in [1.165, 1.54) is 6.20 Å². The zero-order valence-corrected chi connectivity index (χ0v) is 9.90. The maximum atomic E-state index is 9.01. The number of pyridine rings is 1. The van der Waals surface area contributed by atoms with Crippen molar-refractivity contribution >= 4 is 11.6 Å². The number of aromatic nitrogens is 1. The van der Waals surface area contributed by atoms with Crippen molar-refractivity contribution < 1.29 is 4.74 Å². The summed E-state index contributed by atoms with van der Waals surface area (Å²) in [7, 11) is 1.58. The van der Waals surface area contributed by atoms with Gasteiger partial charge in [-0.05, 0) is 24.3 Å². The van der Waals surface area contributed by atoms with Gasteiger partial charge in [0.05, 0.1) is 17.7 Å². The molecule has 0 amide bonds. The fourth-order valence-electron chi connectivity index (χ4n) is 1.56. The van der Waals surface area contributed by atoms with E-state index in [1.54, 1.807) is 25.4 Å². The lowest BCUT2D eigenvalue weighted by molar-refractivity contribution is 0.415.